The van der Waals surface area contributed by atoms with Crippen LogP contribution in [0.2, 0.25) is 10.0 Å². The van der Waals surface area contributed by atoms with Crippen LogP contribution in [0.25, 0.3) is 5.76 Å². The highest BCUT2D eigenvalue weighted by Crippen LogP contribution is 2.48. The molecule has 0 aromatic heterocycles. The molecule has 36 heavy (non-hydrogen) atoms. The Hall–Kier alpha value is -3.68. The van der Waals surface area contributed by atoms with Gasteiger partial charge in [-0.15, -0.1) is 0 Å². The van der Waals surface area contributed by atoms with E-state index >= 15 is 0 Å². The van der Waals surface area contributed by atoms with Crippen molar-refractivity contribution in [1.82, 2.24) is 0 Å². The Labute approximate surface area is 218 Å². The Morgan fingerprint density at radius 2 is 1.61 bits per heavy atom. The number of hydrogen-bond acceptors (Lipinski definition) is 6. The molecule has 1 heterocycles. The number of aliphatic hydroxyl groups excluding tert-OH is 1. The van der Waals surface area contributed by atoms with Gasteiger partial charge in [-0.25, -0.2) is 0 Å². The smallest absolute Gasteiger partial charge is 0.300 e. The lowest BCUT2D eigenvalue weighted by atomic mass is 9.94. The Morgan fingerprint density at radius 1 is 0.972 bits per heavy atom. The number of benzene rings is 3. The summed E-state index contributed by atoms with van der Waals surface area (Å²) in [6.45, 7) is 2.36. The lowest BCUT2D eigenvalue weighted by Gasteiger charge is -2.26. The second-order valence-electron chi connectivity index (χ2n) is 7.79. The summed E-state index contributed by atoms with van der Waals surface area (Å²) in [5, 5.41) is 11.6. The highest BCUT2D eigenvalue weighted by Gasteiger charge is 2.47. The Kier molecular flexibility index (Phi) is 7.43. The maximum atomic E-state index is 13.4. The minimum atomic E-state index is -0.923. The molecule has 1 unspecified atom stereocenters. The van der Waals surface area contributed by atoms with Crippen LogP contribution >= 0.6 is 23.2 Å². The molecule has 0 spiro atoms. The van der Waals surface area contributed by atoms with Crippen molar-refractivity contribution >= 4 is 46.3 Å². The summed E-state index contributed by atoms with van der Waals surface area (Å²) in [5.41, 5.74) is 1.01. The molecule has 1 fully saturated rings. The fourth-order valence-electron chi connectivity index (χ4n) is 4.21. The molecule has 7 nitrogen and oxygen atoms in total. The summed E-state index contributed by atoms with van der Waals surface area (Å²) in [6, 6.07) is 16.2. The average Bonchev–Trinajstić information content (AvgIpc) is 3.15. The Balaban J connectivity index is 1.95. The predicted molar refractivity (Wildman–Crippen MR) is 138 cm³/mol. The summed E-state index contributed by atoms with van der Waals surface area (Å²) >= 11 is 12.7. The Morgan fingerprint density at radius 3 is 2.19 bits per heavy atom. The summed E-state index contributed by atoms with van der Waals surface area (Å²) in [4.78, 5) is 28.1. The van der Waals surface area contributed by atoms with Crippen molar-refractivity contribution in [3.63, 3.8) is 0 Å². The third-order valence-corrected chi connectivity index (χ3v) is 6.40. The van der Waals surface area contributed by atoms with Crippen LogP contribution in [0.1, 0.15) is 24.1 Å². The lowest BCUT2D eigenvalue weighted by Crippen LogP contribution is -2.29. The molecule has 1 amide bonds. The van der Waals surface area contributed by atoms with Crippen molar-refractivity contribution in [2.75, 3.05) is 25.7 Å². The zero-order valence-corrected chi connectivity index (χ0v) is 21.3. The number of nitrogens with zero attached hydrogens (tertiary/aromatic N) is 1. The molecule has 1 atom stereocenters. The van der Waals surface area contributed by atoms with Gasteiger partial charge < -0.3 is 19.3 Å². The molecule has 186 valence electrons. The normalized spacial score (nSPS) is 16.8. The number of Topliss-reactive ketones (excluding diaryl/α,β-unsaturated/α-hetero) is 1. The van der Waals surface area contributed by atoms with E-state index in [1.807, 2.05) is 13.0 Å². The molecule has 3 aromatic carbocycles. The Bertz CT molecular complexity index is 1340. The van der Waals surface area contributed by atoms with Crippen LogP contribution in [0.15, 0.2) is 66.2 Å². The molecule has 1 saturated heterocycles. The van der Waals surface area contributed by atoms with Gasteiger partial charge in [-0.05, 0) is 42.8 Å². The van der Waals surface area contributed by atoms with E-state index in [1.165, 1.54) is 25.2 Å². The van der Waals surface area contributed by atoms with Crippen molar-refractivity contribution in [3.05, 3.63) is 87.4 Å². The standard InChI is InChI=1S/C27H23Cl2NO6/c1-4-36-17-12-10-16(11-13-17)30-22(15-8-6-5-7-9-15)20(24(32)27(30)33)23(31)18-14-19(28)26(35-3)21(29)25(18)34-2/h5-14,22,31H,4H2,1-3H3/b23-20+. The van der Waals surface area contributed by atoms with E-state index in [4.69, 9.17) is 37.4 Å². The van der Waals surface area contributed by atoms with Gasteiger partial charge in [0.15, 0.2) is 11.5 Å². The first-order chi connectivity index (χ1) is 17.3. The number of halogens is 2. The second kappa shape index (κ2) is 10.5. The van der Waals surface area contributed by atoms with E-state index in [9.17, 15) is 14.7 Å². The predicted octanol–water partition coefficient (Wildman–Crippen LogP) is 6.04. The minimum absolute atomic E-state index is 0.0195. The number of ether oxygens (including phenoxy) is 3. The van der Waals surface area contributed by atoms with E-state index in [0.29, 0.717) is 23.6 Å². The highest BCUT2D eigenvalue weighted by atomic mass is 35.5. The number of rotatable bonds is 7. The number of carbonyl (C=O) groups is 2. The van der Waals surface area contributed by atoms with E-state index in [0.717, 1.165) is 0 Å². The molecular formula is C27H23Cl2NO6. The molecule has 1 aliphatic heterocycles. The number of ketones is 1. The zero-order chi connectivity index (χ0) is 26.0. The number of anilines is 1. The van der Waals surface area contributed by atoms with Crippen LogP contribution in [0, 0.1) is 0 Å². The third kappa shape index (κ3) is 4.36. The fourth-order valence-corrected chi connectivity index (χ4v) is 4.90. The van der Waals surface area contributed by atoms with E-state index < -0.39 is 23.5 Å². The molecule has 0 saturated carbocycles. The van der Waals surface area contributed by atoms with E-state index in [-0.39, 0.29) is 32.7 Å². The monoisotopic (exact) mass is 527 g/mol. The zero-order valence-electron chi connectivity index (χ0n) is 19.7. The summed E-state index contributed by atoms with van der Waals surface area (Å²) in [6.07, 6.45) is 0. The molecule has 0 radical (unpaired) electrons. The highest BCUT2D eigenvalue weighted by molar-refractivity contribution is 6.52. The van der Waals surface area contributed by atoms with E-state index in [2.05, 4.69) is 0 Å². The quantitative estimate of drug-likeness (QED) is 0.229. The maximum Gasteiger partial charge on any atom is 0.300 e. The number of aliphatic hydroxyl groups is 1. The summed E-state index contributed by atoms with van der Waals surface area (Å²) < 4.78 is 16.1. The van der Waals surface area contributed by atoms with Crippen LogP contribution in [0.4, 0.5) is 5.69 Å². The van der Waals surface area contributed by atoms with Crippen molar-refractivity contribution in [3.8, 4) is 17.2 Å². The van der Waals surface area contributed by atoms with Crippen molar-refractivity contribution in [2.24, 2.45) is 0 Å². The minimum Gasteiger partial charge on any atom is -0.507 e. The van der Waals surface area contributed by atoms with E-state index in [1.54, 1.807) is 48.5 Å². The SMILES string of the molecule is CCOc1ccc(N2C(=O)C(=O)/C(=C(/O)c3cc(Cl)c(OC)c(Cl)c3OC)C2c2ccccc2)cc1. The molecule has 1 aliphatic rings. The largest absolute Gasteiger partial charge is 0.507 e. The van der Waals surface area contributed by atoms with Gasteiger partial charge >= 0.3 is 0 Å². The van der Waals surface area contributed by atoms with Crippen LogP contribution in [-0.4, -0.2) is 37.6 Å². The lowest BCUT2D eigenvalue weighted by molar-refractivity contribution is -0.132. The van der Waals surface area contributed by atoms with Gasteiger partial charge in [-0.1, -0.05) is 53.5 Å². The topological polar surface area (TPSA) is 85.3 Å². The molecular weight excluding hydrogens is 505 g/mol. The molecule has 3 aromatic rings. The summed E-state index contributed by atoms with van der Waals surface area (Å²) in [5.74, 6) is -1.30. The first-order valence-electron chi connectivity index (χ1n) is 11.0. The molecule has 4 rings (SSSR count). The number of methoxy groups -OCH3 is 2. The number of hydrogen-bond donors (Lipinski definition) is 1. The molecule has 1 N–H and O–H groups in total. The van der Waals surface area contributed by atoms with Gasteiger partial charge in [0.2, 0.25) is 0 Å². The van der Waals surface area contributed by atoms with Crippen LogP contribution in [0.3, 0.4) is 0 Å². The second-order valence-corrected chi connectivity index (χ2v) is 8.58. The summed E-state index contributed by atoms with van der Waals surface area (Å²) in [7, 11) is 2.75. The first-order valence-corrected chi connectivity index (χ1v) is 11.8. The molecule has 9 heteroatoms. The van der Waals surface area contributed by atoms with Crippen LogP contribution < -0.4 is 19.1 Å². The van der Waals surface area contributed by atoms with Gasteiger partial charge in [0.05, 0.1) is 43.0 Å². The number of amides is 1. The van der Waals surface area contributed by atoms with Gasteiger partial charge in [-0.2, -0.15) is 0 Å². The van der Waals surface area contributed by atoms with Gasteiger partial charge in [-0.3, -0.25) is 14.5 Å². The third-order valence-electron chi connectivity index (χ3n) is 5.78. The van der Waals surface area contributed by atoms with Crippen molar-refractivity contribution in [1.29, 1.82) is 0 Å². The molecule has 0 bridgehead atoms. The average molecular weight is 528 g/mol. The van der Waals surface area contributed by atoms with Gasteiger partial charge in [0.25, 0.3) is 11.7 Å². The van der Waals surface area contributed by atoms with Crippen molar-refractivity contribution < 1.29 is 28.9 Å². The molecule has 0 aliphatic carbocycles. The maximum absolute atomic E-state index is 13.4. The van der Waals surface area contributed by atoms with Crippen LogP contribution in [-0.2, 0) is 9.59 Å². The number of carbonyl (C=O) groups excluding carboxylic acids is 2. The van der Waals surface area contributed by atoms with Crippen LogP contribution in [0.5, 0.6) is 17.2 Å². The first kappa shape index (κ1) is 25.4. The van der Waals surface area contributed by atoms with Crippen molar-refractivity contribution in [2.45, 2.75) is 13.0 Å². The fraction of sp³-hybridized carbons (Fsp3) is 0.185. The van der Waals surface area contributed by atoms with Gasteiger partial charge in [0, 0.05) is 5.69 Å². The van der Waals surface area contributed by atoms with Gasteiger partial charge in [0.1, 0.15) is 16.5 Å².